The van der Waals surface area contributed by atoms with Gasteiger partial charge in [-0.25, -0.2) is 0 Å². The van der Waals surface area contributed by atoms with E-state index in [1.54, 1.807) is 30.3 Å². The Kier molecular flexibility index (Phi) is 5.53. The molecule has 0 bridgehead atoms. The summed E-state index contributed by atoms with van der Waals surface area (Å²) in [6, 6.07) is 15.2. The van der Waals surface area contributed by atoms with Crippen LogP contribution in [0.5, 0.6) is 5.75 Å². The molecule has 0 saturated carbocycles. The minimum absolute atomic E-state index is 0.127. The first-order valence-corrected chi connectivity index (χ1v) is 9.54. The summed E-state index contributed by atoms with van der Waals surface area (Å²) in [4.78, 5) is 2.34. The van der Waals surface area contributed by atoms with Crippen LogP contribution >= 0.6 is 0 Å². The largest absolute Gasteiger partial charge is 0.379 e. The van der Waals surface area contributed by atoms with Gasteiger partial charge in [-0.05, 0) is 18.2 Å². The molecule has 1 aliphatic heterocycles. The van der Waals surface area contributed by atoms with E-state index in [2.05, 4.69) is 11.5 Å². The highest BCUT2D eigenvalue weighted by Crippen LogP contribution is 2.32. The van der Waals surface area contributed by atoms with Crippen LogP contribution in [0.1, 0.15) is 11.7 Å². The molecule has 0 radical (unpaired) electrons. The summed E-state index contributed by atoms with van der Waals surface area (Å²) < 4.78 is 36.3. The fraction of sp³-hybridized carbons (Fsp3) is 0.263. The molecule has 1 atom stereocenters. The Morgan fingerprint density at radius 2 is 1.88 bits per heavy atom. The van der Waals surface area contributed by atoms with Crippen molar-refractivity contribution in [3.63, 3.8) is 0 Å². The Balaban J connectivity index is 1.85. The van der Waals surface area contributed by atoms with E-state index >= 15 is 0 Å². The molecular formula is C19H21NO4S. The number of morpholine rings is 1. The molecule has 1 fully saturated rings. The fourth-order valence-electron chi connectivity index (χ4n) is 2.81. The van der Waals surface area contributed by atoms with Crippen LogP contribution in [0.4, 0.5) is 0 Å². The van der Waals surface area contributed by atoms with Crippen molar-refractivity contribution in [1.29, 1.82) is 0 Å². The van der Waals surface area contributed by atoms with Crippen LogP contribution in [0.25, 0.3) is 0 Å². The average molecular weight is 359 g/mol. The molecule has 1 saturated heterocycles. The van der Waals surface area contributed by atoms with Crippen LogP contribution < -0.4 is 4.18 Å². The minimum atomic E-state index is -3.88. The molecule has 25 heavy (non-hydrogen) atoms. The number of nitrogens with zero attached hydrogens (tertiary/aromatic N) is 1. The normalized spacial score (nSPS) is 18.6. The van der Waals surface area contributed by atoms with E-state index in [0.717, 1.165) is 18.7 Å². The SMILES string of the molecule is C=CCN1CCO[C@H](c2ccccc2OS(=O)(=O)c2ccccc2)C1. The van der Waals surface area contributed by atoms with Crippen LogP contribution in [-0.4, -0.2) is 39.6 Å². The zero-order valence-electron chi connectivity index (χ0n) is 13.9. The van der Waals surface area contributed by atoms with Gasteiger partial charge in [-0.3, -0.25) is 4.90 Å². The maximum absolute atomic E-state index is 12.5. The fourth-order valence-corrected chi connectivity index (χ4v) is 3.79. The Morgan fingerprint density at radius 3 is 2.64 bits per heavy atom. The second kappa shape index (κ2) is 7.82. The molecule has 1 aliphatic rings. The molecule has 1 heterocycles. The second-order valence-electron chi connectivity index (χ2n) is 5.80. The lowest BCUT2D eigenvalue weighted by Crippen LogP contribution is -2.38. The van der Waals surface area contributed by atoms with Crippen LogP contribution in [0.15, 0.2) is 72.1 Å². The Morgan fingerprint density at radius 1 is 1.16 bits per heavy atom. The van der Waals surface area contributed by atoms with Crippen molar-refractivity contribution < 1.29 is 17.3 Å². The van der Waals surface area contributed by atoms with Gasteiger partial charge in [0.2, 0.25) is 0 Å². The number of hydrogen-bond acceptors (Lipinski definition) is 5. The Hall–Kier alpha value is -2.15. The van der Waals surface area contributed by atoms with Gasteiger partial charge in [-0.1, -0.05) is 42.5 Å². The summed E-state index contributed by atoms with van der Waals surface area (Å²) >= 11 is 0. The molecule has 6 heteroatoms. The Labute approximate surface area is 148 Å². The van der Waals surface area contributed by atoms with Crippen molar-refractivity contribution in [2.75, 3.05) is 26.2 Å². The van der Waals surface area contributed by atoms with Gasteiger partial charge in [0.05, 0.1) is 12.7 Å². The average Bonchev–Trinajstić information content (AvgIpc) is 2.63. The van der Waals surface area contributed by atoms with Crippen LogP contribution in [0.2, 0.25) is 0 Å². The molecule has 0 aliphatic carbocycles. The maximum Gasteiger partial charge on any atom is 0.339 e. The van der Waals surface area contributed by atoms with E-state index in [9.17, 15) is 8.42 Å². The number of hydrogen-bond donors (Lipinski definition) is 0. The lowest BCUT2D eigenvalue weighted by atomic mass is 10.1. The number of ether oxygens (including phenoxy) is 1. The molecule has 5 nitrogen and oxygen atoms in total. The predicted octanol–water partition coefficient (Wildman–Crippen LogP) is 3.01. The third kappa shape index (κ3) is 4.28. The van der Waals surface area contributed by atoms with E-state index in [0.29, 0.717) is 18.9 Å². The first kappa shape index (κ1) is 17.7. The first-order valence-electron chi connectivity index (χ1n) is 8.13. The van der Waals surface area contributed by atoms with Crippen LogP contribution in [-0.2, 0) is 14.9 Å². The van der Waals surface area contributed by atoms with Gasteiger partial charge in [0, 0.05) is 25.2 Å². The molecular weight excluding hydrogens is 338 g/mol. The van der Waals surface area contributed by atoms with Crippen molar-refractivity contribution in [3.8, 4) is 5.75 Å². The number of benzene rings is 2. The van der Waals surface area contributed by atoms with Crippen molar-refractivity contribution in [2.45, 2.75) is 11.0 Å². The third-order valence-corrected chi connectivity index (χ3v) is 5.28. The zero-order valence-corrected chi connectivity index (χ0v) is 14.7. The summed E-state index contributed by atoms with van der Waals surface area (Å²) in [5.41, 5.74) is 0.732. The number of para-hydroxylation sites is 1. The van der Waals surface area contributed by atoms with Crippen molar-refractivity contribution in [1.82, 2.24) is 4.90 Å². The van der Waals surface area contributed by atoms with Crippen molar-refractivity contribution in [2.24, 2.45) is 0 Å². The van der Waals surface area contributed by atoms with Gasteiger partial charge in [0.25, 0.3) is 0 Å². The molecule has 0 spiro atoms. The summed E-state index contributed by atoms with van der Waals surface area (Å²) in [6.07, 6.45) is 1.61. The second-order valence-corrected chi connectivity index (χ2v) is 7.34. The maximum atomic E-state index is 12.5. The molecule has 132 valence electrons. The highest BCUT2D eigenvalue weighted by Gasteiger charge is 2.26. The van der Waals surface area contributed by atoms with Crippen LogP contribution in [0.3, 0.4) is 0 Å². The van der Waals surface area contributed by atoms with E-state index < -0.39 is 10.1 Å². The lowest BCUT2D eigenvalue weighted by molar-refractivity contribution is -0.0266. The topological polar surface area (TPSA) is 55.8 Å². The van der Waals surface area contributed by atoms with Gasteiger partial charge >= 0.3 is 10.1 Å². The monoisotopic (exact) mass is 359 g/mol. The standard InChI is InChI=1S/C19H21NO4S/c1-2-12-20-13-14-23-19(15-20)17-10-6-7-11-18(17)24-25(21,22)16-8-4-3-5-9-16/h2-11,19H,1,12-15H2/t19-/m0/s1. The van der Waals surface area contributed by atoms with Crippen LogP contribution in [0, 0.1) is 0 Å². The highest BCUT2D eigenvalue weighted by molar-refractivity contribution is 7.87. The molecule has 0 aromatic heterocycles. The summed E-state index contributed by atoms with van der Waals surface area (Å²) in [5, 5.41) is 0. The van der Waals surface area contributed by atoms with Crippen molar-refractivity contribution in [3.05, 3.63) is 72.8 Å². The minimum Gasteiger partial charge on any atom is -0.379 e. The van der Waals surface area contributed by atoms with Gasteiger partial charge in [-0.15, -0.1) is 6.58 Å². The quantitative estimate of drug-likeness (QED) is 0.586. The lowest BCUT2D eigenvalue weighted by Gasteiger charge is -2.32. The molecule has 0 amide bonds. The Bertz CT molecular complexity index is 820. The van der Waals surface area contributed by atoms with Gasteiger partial charge in [0.15, 0.2) is 0 Å². The molecule has 0 unspecified atom stereocenters. The van der Waals surface area contributed by atoms with E-state index in [1.807, 2.05) is 18.2 Å². The van der Waals surface area contributed by atoms with Crippen molar-refractivity contribution >= 4 is 10.1 Å². The van der Waals surface area contributed by atoms with E-state index in [1.165, 1.54) is 12.1 Å². The van der Waals surface area contributed by atoms with Gasteiger partial charge in [0.1, 0.15) is 10.6 Å². The molecule has 0 N–H and O–H groups in total. The zero-order chi connectivity index (χ0) is 17.7. The predicted molar refractivity (Wildman–Crippen MR) is 96.0 cm³/mol. The summed E-state index contributed by atoms with van der Waals surface area (Å²) in [5.74, 6) is 0.303. The van der Waals surface area contributed by atoms with Gasteiger partial charge in [-0.2, -0.15) is 8.42 Å². The molecule has 2 aromatic carbocycles. The van der Waals surface area contributed by atoms with E-state index in [-0.39, 0.29) is 11.0 Å². The molecule has 2 aromatic rings. The number of rotatable bonds is 6. The summed E-state index contributed by atoms with van der Waals surface area (Å²) in [6.45, 7) is 6.61. The van der Waals surface area contributed by atoms with Gasteiger partial charge < -0.3 is 8.92 Å². The molecule has 3 rings (SSSR count). The summed E-state index contributed by atoms with van der Waals surface area (Å²) in [7, 11) is -3.88. The smallest absolute Gasteiger partial charge is 0.339 e. The third-order valence-electron chi connectivity index (χ3n) is 4.04. The highest BCUT2D eigenvalue weighted by atomic mass is 32.2. The van der Waals surface area contributed by atoms with E-state index in [4.69, 9.17) is 8.92 Å². The first-order chi connectivity index (χ1) is 12.1.